The highest BCUT2D eigenvalue weighted by Crippen LogP contribution is 2.39. The van der Waals surface area contributed by atoms with Gasteiger partial charge < -0.3 is 19.6 Å². The van der Waals surface area contributed by atoms with E-state index in [2.05, 4.69) is 17.4 Å². The molecule has 0 aliphatic rings. The molecule has 9 heteroatoms. The summed E-state index contributed by atoms with van der Waals surface area (Å²) in [4.78, 5) is 29.0. The van der Waals surface area contributed by atoms with Crippen LogP contribution in [0.3, 0.4) is 0 Å². The third kappa shape index (κ3) is 6.43. The molecule has 1 unspecified atom stereocenters. The molecule has 7 nitrogen and oxygen atoms in total. The molecule has 0 aliphatic carbocycles. The molecule has 0 saturated carbocycles. The number of para-hydroxylation sites is 2. The van der Waals surface area contributed by atoms with Gasteiger partial charge in [0.05, 0.1) is 28.8 Å². The second kappa shape index (κ2) is 12.4. The second-order valence-corrected chi connectivity index (χ2v) is 11.3. The third-order valence-corrected chi connectivity index (χ3v) is 8.47. The lowest BCUT2D eigenvalue weighted by atomic mass is 10.1. The van der Waals surface area contributed by atoms with E-state index in [-0.39, 0.29) is 6.42 Å². The first-order valence-electron chi connectivity index (χ1n) is 12.7. The predicted octanol–water partition coefficient (Wildman–Crippen LogP) is 7.94. The van der Waals surface area contributed by atoms with Crippen molar-refractivity contribution in [2.24, 2.45) is 0 Å². The van der Waals surface area contributed by atoms with Gasteiger partial charge in [-0.3, -0.25) is 4.79 Å². The number of ether oxygens (including phenoxy) is 1. The summed E-state index contributed by atoms with van der Waals surface area (Å²) < 4.78 is 11.3. The van der Waals surface area contributed by atoms with Crippen molar-refractivity contribution >= 4 is 57.1 Å². The molecule has 0 fully saturated rings. The highest BCUT2D eigenvalue weighted by molar-refractivity contribution is 7.99. The number of carbonyl (C=O) groups is 2. The zero-order valence-electron chi connectivity index (χ0n) is 21.4. The number of carboxylic acids is 1. The summed E-state index contributed by atoms with van der Waals surface area (Å²) in [5.41, 5.74) is 4.74. The topological polar surface area (TPSA) is 102 Å². The molecule has 1 atom stereocenters. The Morgan fingerprint density at radius 3 is 2.67 bits per heavy atom. The van der Waals surface area contributed by atoms with Gasteiger partial charge in [0.2, 0.25) is 0 Å². The van der Waals surface area contributed by atoms with Crippen molar-refractivity contribution in [2.75, 3.05) is 6.61 Å². The van der Waals surface area contributed by atoms with Crippen molar-refractivity contribution < 1.29 is 23.8 Å². The van der Waals surface area contributed by atoms with Gasteiger partial charge in [-0.05, 0) is 29.7 Å². The van der Waals surface area contributed by atoms with E-state index in [0.717, 1.165) is 61.4 Å². The number of thioether (sulfide) groups is 1. The minimum absolute atomic E-state index is 0.187. The average Bonchev–Trinajstić information content (AvgIpc) is 3.57. The maximum Gasteiger partial charge on any atom is 0.408 e. The van der Waals surface area contributed by atoms with E-state index in [1.54, 1.807) is 11.3 Å². The van der Waals surface area contributed by atoms with Crippen molar-refractivity contribution in [2.45, 2.75) is 37.3 Å². The summed E-state index contributed by atoms with van der Waals surface area (Å²) in [6.07, 6.45) is 2.79. The number of unbranched alkanes of at least 4 members (excludes halogenated alkanes) is 1. The summed E-state index contributed by atoms with van der Waals surface area (Å²) in [5, 5.41) is 14.4. The van der Waals surface area contributed by atoms with Crippen molar-refractivity contribution in [1.29, 1.82) is 0 Å². The van der Waals surface area contributed by atoms with Crippen molar-refractivity contribution in [3.63, 3.8) is 0 Å². The van der Waals surface area contributed by atoms with Gasteiger partial charge in [-0.1, -0.05) is 67.9 Å². The number of carbonyl (C=O) groups excluding carboxylic acids is 1. The number of amides is 1. The van der Waals surface area contributed by atoms with Gasteiger partial charge >= 0.3 is 12.1 Å². The van der Waals surface area contributed by atoms with Crippen LogP contribution in [0.15, 0.2) is 77.3 Å². The Morgan fingerprint density at radius 2 is 1.87 bits per heavy atom. The maximum absolute atomic E-state index is 12.0. The van der Waals surface area contributed by atoms with Crippen LogP contribution >= 0.6 is 23.1 Å². The molecular formula is C30H28N2O5S2. The SMILES string of the molecule is CCCCOC(=O)NC(CC(=O)O)SCc1ccc(-c2cnc(-c3cccc4c3oc3ccccc34)s2)cc1. The quantitative estimate of drug-likeness (QED) is 0.125. The fourth-order valence-corrected chi connectivity index (χ4v) is 6.17. The van der Waals surface area contributed by atoms with E-state index in [0.29, 0.717) is 12.4 Å². The third-order valence-electron chi connectivity index (χ3n) is 6.20. The molecule has 0 spiro atoms. The van der Waals surface area contributed by atoms with Crippen molar-refractivity contribution in [1.82, 2.24) is 10.3 Å². The molecule has 0 radical (unpaired) electrons. The lowest BCUT2D eigenvalue weighted by Gasteiger charge is -2.16. The van der Waals surface area contributed by atoms with Gasteiger partial charge in [0, 0.05) is 22.7 Å². The number of alkyl carbamates (subject to hydrolysis) is 1. The number of hydrogen-bond donors (Lipinski definition) is 2. The van der Waals surface area contributed by atoms with Crippen LogP contribution in [0.5, 0.6) is 0 Å². The monoisotopic (exact) mass is 560 g/mol. The molecule has 3 aromatic carbocycles. The van der Waals surface area contributed by atoms with Gasteiger partial charge in [-0.25, -0.2) is 9.78 Å². The van der Waals surface area contributed by atoms with Crippen LogP contribution in [0, 0.1) is 0 Å². The second-order valence-electron chi connectivity index (χ2n) is 9.04. The highest BCUT2D eigenvalue weighted by atomic mass is 32.2. The van der Waals surface area contributed by atoms with Gasteiger partial charge in [0.1, 0.15) is 16.2 Å². The number of carboxylic acid groups (broad SMARTS) is 1. The first-order valence-corrected chi connectivity index (χ1v) is 14.6. The number of furan rings is 1. The van der Waals surface area contributed by atoms with E-state index in [1.165, 1.54) is 11.8 Å². The van der Waals surface area contributed by atoms with Crippen LogP contribution in [0.2, 0.25) is 0 Å². The first kappa shape index (κ1) is 26.8. The largest absolute Gasteiger partial charge is 0.481 e. The number of nitrogens with one attached hydrogen (secondary N) is 1. The van der Waals surface area contributed by atoms with Crippen molar-refractivity contribution in [3.8, 4) is 21.0 Å². The molecule has 1 amide bonds. The van der Waals surface area contributed by atoms with Crippen molar-refractivity contribution in [3.05, 3.63) is 78.5 Å². The van der Waals surface area contributed by atoms with Crippen LogP contribution in [-0.4, -0.2) is 34.1 Å². The Hall–Kier alpha value is -3.82. The molecule has 0 saturated heterocycles. The summed E-state index contributed by atoms with van der Waals surface area (Å²) in [6, 6.07) is 22.3. The summed E-state index contributed by atoms with van der Waals surface area (Å²) >= 11 is 2.97. The molecule has 2 aromatic heterocycles. The summed E-state index contributed by atoms with van der Waals surface area (Å²) in [7, 11) is 0. The smallest absolute Gasteiger partial charge is 0.408 e. The molecule has 0 aliphatic heterocycles. The predicted molar refractivity (Wildman–Crippen MR) is 157 cm³/mol. The Bertz CT molecular complexity index is 1590. The van der Waals surface area contributed by atoms with Gasteiger partial charge in [0.15, 0.2) is 0 Å². The fraction of sp³-hybridized carbons (Fsp3) is 0.233. The van der Waals surface area contributed by atoms with Crippen LogP contribution in [0.4, 0.5) is 4.79 Å². The zero-order chi connectivity index (χ0) is 27.2. The van der Waals surface area contributed by atoms with E-state index >= 15 is 0 Å². The number of thiazole rings is 1. The van der Waals surface area contributed by atoms with Gasteiger partial charge in [0.25, 0.3) is 0 Å². The maximum atomic E-state index is 12.0. The molecule has 5 aromatic rings. The molecule has 0 bridgehead atoms. The standard InChI is InChI=1S/C30H28N2O5S2/c1-2-3-15-36-30(35)32-26(16-27(33)34)38-18-19-11-13-20(14-12-19)25-17-31-29(39-25)23-9-6-8-22-21-7-4-5-10-24(21)37-28(22)23/h4-14,17,26H,2-3,15-16,18H2,1H3,(H,32,35)(H,33,34). The van der Waals surface area contributed by atoms with E-state index < -0.39 is 17.4 Å². The number of aliphatic carboxylic acids is 1. The number of rotatable bonds is 11. The molecular weight excluding hydrogens is 532 g/mol. The van der Waals surface area contributed by atoms with Crippen LogP contribution < -0.4 is 5.32 Å². The van der Waals surface area contributed by atoms with E-state index in [1.807, 2.05) is 67.7 Å². The number of aromatic nitrogens is 1. The van der Waals surface area contributed by atoms with Crippen LogP contribution in [-0.2, 0) is 15.3 Å². The fourth-order valence-electron chi connectivity index (χ4n) is 4.20. The minimum atomic E-state index is -0.976. The first-order chi connectivity index (χ1) is 19.0. The molecule has 2 heterocycles. The Balaban J connectivity index is 1.26. The summed E-state index contributed by atoms with van der Waals surface area (Å²) in [6.45, 7) is 2.33. The Kier molecular flexibility index (Phi) is 8.48. The van der Waals surface area contributed by atoms with Gasteiger partial charge in [-0.2, -0.15) is 0 Å². The Morgan fingerprint density at radius 1 is 1.08 bits per heavy atom. The lowest BCUT2D eigenvalue weighted by molar-refractivity contribution is -0.137. The zero-order valence-corrected chi connectivity index (χ0v) is 23.0. The summed E-state index contributed by atoms with van der Waals surface area (Å²) in [5.74, 6) is -0.425. The molecule has 200 valence electrons. The number of nitrogens with zero attached hydrogens (tertiary/aromatic N) is 1. The normalized spacial score (nSPS) is 12.0. The molecule has 5 rings (SSSR count). The highest BCUT2D eigenvalue weighted by Gasteiger charge is 2.18. The average molecular weight is 561 g/mol. The van der Waals surface area contributed by atoms with Crippen LogP contribution in [0.25, 0.3) is 43.0 Å². The van der Waals surface area contributed by atoms with E-state index in [4.69, 9.17) is 14.1 Å². The van der Waals surface area contributed by atoms with Gasteiger partial charge in [-0.15, -0.1) is 23.1 Å². The Labute approximate surface area is 234 Å². The molecule has 2 N–H and O–H groups in total. The minimum Gasteiger partial charge on any atom is -0.481 e. The number of benzene rings is 3. The van der Waals surface area contributed by atoms with E-state index in [9.17, 15) is 14.7 Å². The number of fused-ring (bicyclic) bond motifs is 3. The number of hydrogen-bond acceptors (Lipinski definition) is 7. The van der Waals surface area contributed by atoms with Crippen LogP contribution in [0.1, 0.15) is 31.7 Å². The molecule has 39 heavy (non-hydrogen) atoms. The lowest BCUT2D eigenvalue weighted by Crippen LogP contribution is -2.35.